The second-order valence-electron chi connectivity index (χ2n) is 7.50. The van der Waals surface area contributed by atoms with E-state index in [-0.39, 0.29) is 0 Å². The van der Waals surface area contributed by atoms with Gasteiger partial charge in [0.2, 0.25) is 6.10 Å². The van der Waals surface area contributed by atoms with E-state index in [2.05, 4.69) is 38.6 Å². The van der Waals surface area contributed by atoms with Gasteiger partial charge in [0.1, 0.15) is 5.75 Å². The van der Waals surface area contributed by atoms with Crippen molar-refractivity contribution in [3.05, 3.63) is 83.4 Å². The highest BCUT2D eigenvalue weighted by molar-refractivity contribution is 5.85. The molecule has 0 spiro atoms. The molecule has 0 fully saturated rings. The Labute approximate surface area is 179 Å². The number of hydrogen-bond acceptors (Lipinski definition) is 3. The molecular weight excluding hydrogens is 372 g/mol. The maximum Gasteiger partial charge on any atom is 0.351 e. The molecule has 0 amide bonds. The molecular formula is C27H30O3. The lowest BCUT2D eigenvalue weighted by Gasteiger charge is -2.23. The van der Waals surface area contributed by atoms with E-state index in [4.69, 9.17) is 9.47 Å². The summed E-state index contributed by atoms with van der Waals surface area (Å²) in [4.78, 5) is 12.8. The van der Waals surface area contributed by atoms with Crippen LogP contribution in [0.1, 0.15) is 55.0 Å². The molecule has 3 nitrogen and oxygen atoms in total. The topological polar surface area (TPSA) is 35.5 Å². The van der Waals surface area contributed by atoms with Crippen LogP contribution in [0.15, 0.2) is 61.2 Å². The molecule has 1 atom stereocenters. The first-order valence-electron chi connectivity index (χ1n) is 10.6. The molecule has 3 rings (SSSR count). The van der Waals surface area contributed by atoms with Gasteiger partial charge in [0.15, 0.2) is 0 Å². The summed E-state index contributed by atoms with van der Waals surface area (Å²) in [7, 11) is 1.40. The van der Waals surface area contributed by atoms with Crippen LogP contribution in [-0.4, -0.2) is 13.1 Å². The molecule has 0 aliphatic heterocycles. The third-order valence-corrected chi connectivity index (χ3v) is 5.27. The van der Waals surface area contributed by atoms with Gasteiger partial charge in [-0.3, -0.25) is 0 Å². The Bertz CT molecular complexity index is 1010. The minimum absolute atomic E-state index is 0.400. The van der Waals surface area contributed by atoms with Crippen LogP contribution in [0, 0.1) is 0 Å². The predicted octanol–water partition coefficient (Wildman–Crippen LogP) is 6.68. The molecule has 3 aromatic rings. The smallest absolute Gasteiger partial charge is 0.351 e. The number of fused-ring (bicyclic) bond motifs is 1. The summed E-state index contributed by atoms with van der Waals surface area (Å²) in [6.07, 6.45) is 4.77. The number of carbonyl (C=O) groups is 1. The Morgan fingerprint density at radius 3 is 2.17 bits per heavy atom. The maximum atomic E-state index is 12.8. The van der Waals surface area contributed by atoms with Crippen molar-refractivity contribution in [2.45, 2.75) is 45.6 Å². The van der Waals surface area contributed by atoms with Crippen LogP contribution in [0.2, 0.25) is 0 Å². The first-order chi connectivity index (χ1) is 14.6. The largest absolute Gasteiger partial charge is 0.473 e. The zero-order chi connectivity index (χ0) is 21.5. The number of rotatable bonds is 9. The van der Waals surface area contributed by atoms with Crippen molar-refractivity contribution in [2.24, 2.45) is 0 Å². The molecule has 30 heavy (non-hydrogen) atoms. The number of esters is 1. The average molecular weight is 403 g/mol. The average Bonchev–Trinajstić information content (AvgIpc) is 2.78. The quantitative estimate of drug-likeness (QED) is 0.374. The van der Waals surface area contributed by atoms with Gasteiger partial charge in [0, 0.05) is 5.56 Å². The number of hydrogen-bond donors (Lipinski definition) is 0. The van der Waals surface area contributed by atoms with Crippen LogP contribution in [0.4, 0.5) is 0 Å². The van der Waals surface area contributed by atoms with Crippen LogP contribution in [0.3, 0.4) is 0 Å². The molecule has 0 aliphatic rings. The van der Waals surface area contributed by atoms with E-state index in [9.17, 15) is 4.79 Å². The summed E-state index contributed by atoms with van der Waals surface area (Å²) in [6, 6.07) is 18.3. The SMILES string of the molecule is C=Cc1cc(CCC)c(OC(C(=O)OC)c2ccc3ccccc3c2)c(CCC)c1. The highest BCUT2D eigenvalue weighted by atomic mass is 16.6. The molecule has 0 N–H and O–H groups in total. The first kappa shape index (κ1) is 21.6. The standard InChI is InChI=1S/C27H30O3/c1-5-10-22-16-19(7-3)17-23(11-6-2)25(22)30-26(27(28)29-4)24-15-14-20-12-8-9-13-21(20)18-24/h7-9,12-18,26H,3,5-6,10-11H2,1-2,4H3. The maximum absolute atomic E-state index is 12.8. The molecule has 0 aliphatic carbocycles. The van der Waals surface area contributed by atoms with Crippen molar-refractivity contribution >= 4 is 22.8 Å². The number of benzene rings is 3. The number of ether oxygens (including phenoxy) is 2. The molecule has 0 heterocycles. The fraction of sp³-hybridized carbons (Fsp3) is 0.296. The van der Waals surface area contributed by atoms with E-state index >= 15 is 0 Å². The number of methoxy groups -OCH3 is 1. The highest BCUT2D eigenvalue weighted by Crippen LogP contribution is 2.34. The molecule has 3 aromatic carbocycles. The van der Waals surface area contributed by atoms with Gasteiger partial charge >= 0.3 is 5.97 Å². The Morgan fingerprint density at radius 1 is 0.967 bits per heavy atom. The molecule has 0 aromatic heterocycles. The minimum Gasteiger partial charge on any atom is -0.473 e. The lowest BCUT2D eigenvalue weighted by atomic mass is 9.97. The number of aryl methyl sites for hydroxylation is 2. The van der Waals surface area contributed by atoms with E-state index in [1.807, 2.05) is 42.5 Å². The van der Waals surface area contributed by atoms with E-state index in [0.717, 1.165) is 64.5 Å². The lowest BCUT2D eigenvalue weighted by molar-refractivity contribution is -0.149. The van der Waals surface area contributed by atoms with Crippen LogP contribution in [0.5, 0.6) is 5.75 Å². The summed E-state index contributed by atoms with van der Waals surface area (Å²) in [5.74, 6) is 0.399. The Morgan fingerprint density at radius 2 is 1.60 bits per heavy atom. The van der Waals surface area contributed by atoms with Crippen LogP contribution in [-0.2, 0) is 22.4 Å². The van der Waals surface area contributed by atoms with Gasteiger partial charge in [-0.25, -0.2) is 4.79 Å². The van der Waals surface area contributed by atoms with E-state index in [0.29, 0.717) is 0 Å². The van der Waals surface area contributed by atoms with E-state index < -0.39 is 12.1 Å². The van der Waals surface area contributed by atoms with Gasteiger partial charge in [-0.05, 0) is 58.5 Å². The summed E-state index contributed by atoms with van der Waals surface area (Å²) in [5.41, 5.74) is 4.08. The van der Waals surface area contributed by atoms with Gasteiger partial charge in [-0.1, -0.05) is 75.7 Å². The van der Waals surface area contributed by atoms with Gasteiger partial charge in [-0.2, -0.15) is 0 Å². The van der Waals surface area contributed by atoms with Gasteiger partial charge in [0.25, 0.3) is 0 Å². The summed E-state index contributed by atoms with van der Waals surface area (Å²) in [5, 5.41) is 2.19. The normalized spacial score (nSPS) is 11.8. The molecule has 0 saturated carbocycles. The fourth-order valence-electron chi connectivity index (χ4n) is 3.81. The monoisotopic (exact) mass is 402 g/mol. The van der Waals surface area contributed by atoms with Crippen molar-refractivity contribution in [3.63, 3.8) is 0 Å². The third kappa shape index (κ3) is 4.73. The molecule has 3 heteroatoms. The van der Waals surface area contributed by atoms with Gasteiger partial charge in [-0.15, -0.1) is 0 Å². The van der Waals surface area contributed by atoms with Crippen molar-refractivity contribution in [1.29, 1.82) is 0 Å². The van der Waals surface area contributed by atoms with Crippen molar-refractivity contribution < 1.29 is 14.3 Å². The van der Waals surface area contributed by atoms with E-state index in [1.54, 1.807) is 0 Å². The molecule has 156 valence electrons. The second kappa shape index (κ2) is 10.1. The second-order valence-corrected chi connectivity index (χ2v) is 7.50. The van der Waals surface area contributed by atoms with Crippen molar-refractivity contribution in [1.82, 2.24) is 0 Å². The zero-order valence-electron chi connectivity index (χ0n) is 18.1. The molecule has 0 bridgehead atoms. The lowest BCUT2D eigenvalue weighted by Crippen LogP contribution is -2.21. The van der Waals surface area contributed by atoms with Gasteiger partial charge < -0.3 is 9.47 Å². The van der Waals surface area contributed by atoms with Gasteiger partial charge in [0.05, 0.1) is 7.11 Å². The number of carbonyl (C=O) groups excluding carboxylic acids is 1. The third-order valence-electron chi connectivity index (χ3n) is 5.27. The summed E-state index contributed by atoms with van der Waals surface area (Å²) in [6.45, 7) is 8.21. The Hall–Kier alpha value is -3.07. The summed E-state index contributed by atoms with van der Waals surface area (Å²) >= 11 is 0. The van der Waals surface area contributed by atoms with E-state index in [1.165, 1.54) is 7.11 Å². The Balaban J connectivity index is 2.09. The van der Waals surface area contributed by atoms with Crippen LogP contribution >= 0.6 is 0 Å². The predicted molar refractivity (Wildman–Crippen MR) is 124 cm³/mol. The molecule has 1 unspecified atom stereocenters. The first-order valence-corrected chi connectivity index (χ1v) is 10.6. The van der Waals surface area contributed by atoms with Crippen LogP contribution in [0.25, 0.3) is 16.8 Å². The highest BCUT2D eigenvalue weighted by Gasteiger charge is 2.26. The van der Waals surface area contributed by atoms with Crippen molar-refractivity contribution in [2.75, 3.05) is 7.11 Å². The summed E-state index contributed by atoms with van der Waals surface area (Å²) < 4.78 is 11.6. The molecule has 0 radical (unpaired) electrons. The van der Waals surface area contributed by atoms with Crippen molar-refractivity contribution in [3.8, 4) is 5.75 Å². The zero-order valence-corrected chi connectivity index (χ0v) is 18.1. The minimum atomic E-state index is -0.819. The Kier molecular flexibility index (Phi) is 7.29. The fourth-order valence-corrected chi connectivity index (χ4v) is 3.81. The van der Waals surface area contributed by atoms with Crippen LogP contribution < -0.4 is 4.74 Å². The molecule has 0 saturated heterocycles.